The van der Waals surface area contributed by atoms with Gasteiger partial charge in [-0.1, -0.05) is 41.9 Å². The van der Waals surface area contributed by atoms with Gasteiger partial charge in [-0.25, -0.2) is 8.42 Å². The first-order valence-electron chi connectivity index (χ1n) is 9.18. The molecule has 1 fully saturated rings. The number of nitrogens with one attached hydrogen (secondary N) is 1. The highest BCUT2D eigenvalue weighted by molar-refractivity contribution is 7.91. The van der Waals surface area contributed by atoms with Crippen LogP contribution < -0.4 is 5.32 Å². The van der Waals surface area contributed by atoms with Crippen LogP contribution in [0.1, 0.15) is 24.9 Å². The molecule has 0 saturated carbocycles. The van der Waals surface area contributed by atoms with E-state index >= 15 is 0 Å². The fourth-order valence-corrected chi connectivity index (χ4v) is 6.21. The van der Waals surface area contributed by atoms with Crippen LogP contribution in [0.4, 0.5) is 0 Å². The molecule has 1 aromatic carbocycles. The zero-order chi connectivity index (χ0) is 20.1. The van der Waals surface area contributed by atoms with E-state index in [1.54, 1.807) is 12.1 Å². The maximum Gasteiger partial charge on any atom is 0.252 e. The third-order valence-corrected chi connectivity index (χ3v) is 8.40. The second-order valence-corrected chi connectivity index (χ2v) is 10.6. The number of amides is 1. The highest BCUT2D eigenvalue weighted by atomic mass is 35.5. The number of thiophene rings is 1. The molecule has 2 heterocycles. The van der Waals surface area contributed by atoms with E-state index in [0.29, 0.717) is 43.5 Å². The Kier molecular flexibility index (Phi) is 7.11. The molecule has 1 N–H and O–H groups in total. The summed E-state index contributed by atoms with van der Waals surface area (Å²) in [7, 11) is -3.48. The maximum absolute atomic E-state index is 12.6. The van der Waals surface area contributed by atoms with Crippen molar-refractivity contribution in [2.24, 2.45) is 0 Å². The Morgan fingerprint density at radius 3 is 2.43 bits per heavy atom. The van der Waals surface area contributed by atoms with Crippen LogP contribution >= 0.6 is 22.9 Å². The molecule has 9 heteroatoms. The molecule has 1 amide bonds. The number of halogens is 1. The Balaban J connectivity index is 1.44. The lowest BCUT2D eigenvalue weighted by molar-refractivity contribution is -0.122. The summed E-state index contributed by atoms with van der Waals surface area (Å²) in [6.45, 7) is 4.64. The zero-order valence-corrected chi connectivity index (χ0v) is 18.1. The first kappa shape index (κ1) is 21.3. The second kappa shape index (κ2) is 9.37. The lowest BCUT2D eigenvalue weighted by atomic mass is 10.1. The molecule has 152 valence electrons. The number of hydrogen-bond acceptors (Lipinski definition) is 5. The number of benzene rings is 1. The molecule has 1 atom stereocenters. The van der Waals surface area contributed by atoms with E-state index < -0.39 is 10.0 Å². The molecule has 3 rings (SSSR count). The van der Waals surface area contributed by atoms with Gasteiger partial charge in [0.25, 0.3) is 10.0 Å². The van der Waals surface area contributed by atoms with Crippen LogP contribution in [0.15, 0.2) is 46.7 Å². The lowest BCUT2D eigenvalue weighted by Gasteiger charge is -2.33. The number of nitrogens with zero attached hydrogens (tertiary/aromatic N) is 2. The number of sulfonamides is 1. The fraction of sp³-hybridized carbons (Fsp3) is 0.421. The van der Waals surface area contributed by atoms with E-state index in [4.69, 9.17) is 11.6 Å². The van der Waals surface area contributed by atoms with Crippen LogP contribution in [0, 0.1) is 0 Å². The molecule has 0 radical (unpaired) electrons. The average Bonchev–Trinajstić information content (AvgIpc) is 3.14. The van der Waals surface area contributed by atoms with Crippen molar-refractivity contribution in [3.05, 3.63) is 52.4 Å². The molecule has 1 aliphatic heterocycles. The summed E-state index contributed by atoms with van der Waals surface area (Å²) < 4.78 is 27.5. The van der Waals surface area contributed by atoms with Crippen molar-refractivity contribution in [1.29, 1.82) is 0 Å². The highest BCUT2D eigenvalue weighted by Gasteiger charge is 2.29. The van der Waals surface area contributed by atoms with Crippen LogP contribution in [0.25, 0.3) is 0 Å². The maximum atomic E-state index is 12.6. The molecule has 28 heavy (non-hydrogen) atoms. The third-order valence-electron chi connectivity index (χ3n) is 4.81. The van der Waals surface area contributed by atoms with Crippen LogP contribution in [-0.4, -0.2) is 56.3 Å². The smallest absolute Gasteiger partial charge is 0.252 e. The van der Waals surface area contributed by atoms with E-state index in [1.165, 1.54) is 4.31 Å². The normalized spacial score (nSPS) is 17.4. The number of rotatable bonds is 7. The molecule has 1 unspecified atom stereocenters. The van der Waals surface area contributed by atoms with Crippen molar-refractivity contribution >= 4 is 38.9 Å². The van der Waals surface area contributed by atoms with Crippen LogP contribution in [0.3, 0.4) is 0 Å². The number of carbonyl (C=O) groups excluding carboxylic acids is 1. The average molecular weight is 442 g/mol. The number of piperazine rings is 1. The minimum atomic E-state index is -3.48. The molecule has 0 bridgehead atoms. The Bertz CT molecular complexity index is 894. The standard InChI is InChI=1S/C19H24ClN3O3S2/c1-15(16-5-3-2-4-6-16)21-18(24)9-10-22-11-13-23(14-12-22)28(25,26)19-8-7-17(20)27-19/h2-8,15H,9-14H2,1H3,(H,21,24). The summed E-state index contributed by atoms with van der Waals surface area (Å²) in [6, 6.07) is 13.0. The van der Waals surface area contributed by atoms with E-state index in [1.807, 2.05) is 37.3 Å². The van der Waals surface area contributed by atoms with Gasteiger partial charge in [-0.15, -0.1) is 11.3 Å². The van der Waals surface area contributed by atoms with Gasteiger partial charge in [0.05, 0.1) is 10.4 Å². The first-order chi connectivity index (χ1) is 13.4. The SMILES string of the molecule is CC(NC(=O)CCN1CCN(S(=O)(=O)c2ccc(Cl)s2)CC1)c1ccccc1. The van der Waals surface area contributed by atoms with E-state index in [9.17, 15) is 13.2 Å². The molecule has 1 saturated heterocycles. The van der Waals surface area contributed by atoms with Crippen molar-refractivity contribution < 1.29 is 13.2 Å². The van der Waals surface area contributed by atoms with E-state index in [0.717, 1.165) is 16.9 Å². The molecule has 1 aromatic heterocycles. The third kappa shape index (κ3) is 5.33. The molecule has 2 aromatic rings. The van der Waals surface area contributed by atoms with Gasteiger partial charge < -0.3 is 10.2 Å². The van der Waals surface area contributed by atoms with E-state index in [-0.39, 0.29) is 16.2 Å². The van der Waals surface area contributed by atoms with Gasteiger partial charge in [-0.3, -0.25) is 4.79 Å². The summed E-state index contributed by atoms with van der Waals surface area (Å²) >= 11 is 6.94. The topological polar surface area (TPSA) is 69.7 Å². The van der Waals surface area contributed by atoms with Crippen LogP contribution in [0.5, 0.6) is 0 Å². The van der Waals surface area contributed by atoms with E-state index in [2.05, 4.69) is 10.2 Å². The predicted octanol–water partition coefficient (Wildman–Crippen LogP) is 2.98. The summed E-state index contributed by atoms with van der Waals surface area (Å²) in [5.74, 6) is -0.000341. The Labute approximate surface area is 175 Å². The van der Waals surface area contributed by atoms with Gasteiger partial charge in [-0.05, 0) is 24.6 Å². The molecular weight excluding hydrogens is 418 g/mol. The number of carbonyl (C=O) groups is 1. The fourth-order valence-electron chi connectivity index (χ4n) is 3.16. The van der Waals surface area contributed by atoms with Gasteiger partial charge >= 0.3 is 0 Å². The molecule has 6 nitrogen and oxygen atoms in total. The Morgan fingerprint density at radius 2 is 1.82 bits per heavy atom. The second-order valence-electron chi connectivity index (χ2n) is 6.75. The molecular formula is C19H24ClN3O3S2. The monoisotopic (exact) mass is 441 g/mol. The largest absolute Gasteiger partial charge is 0.350 e. The quantitative estimate of drug-likeness (QED) is 0.717. The van der Waals surface area contributed by atoms with Crippen molar-refractivity contribution in [3.63, 3.8) is 0 Å². The Hall–Kier alpha value is -1.45. The zero-order valence-electron chi connectivity index (χ0n) is 15.7. The van der Waals surface area contributed by atoms with Crippen molar-refractivity contribution in [3.8, 4) is 0 Å². The molecule has 0 spiro atoms. The summed E-state index contributed by atoms with van der Waals surface area (Å²) in [6.07, 6.45) is 0.393. The van der Waals surface area contributed by atoms with Gasteiger partial charge in [0.2, 0.25) is 5.91 Å². The summed E-state index contributed by atoms with van der Waals surface area (Å²) in [5.41, 5.74) is 1.07. The molecule has 0 aliphatic carbocycles. The Morgan fingerprint density at radius 1 is 1.14 bits per heavy atom. The van der Waals surface area contributed by atoms with Gasteiger partial charge in [0, 0.05) is 39.1 Å². The lowest BCUT2D eigenvalue weighted by Crippen LogP contribution is -2.49. The van der Waals surface area contributed by atoms with Gasteiger partial charge in [0.15, 0.2) is 0 Å². The highest BCUT2D eigenvalue weighted by Crippen LogP contribution is 2.28. The van der Waals surface area contributed by atoms with Crippen LogP contribution in [0.2, 0.25) is 4.34 Å². The minimum Gasteiger partial charge on any atom is -0.350 e. The first-order valence-corrected chi connectivity index (χ1v) is 11.8. The number of hydrogen-bond donors (Lipinski definition) is 1. The van der Waals surface area contributed by atoms with Crippen LogP contribution in [-0.2, 0) is 14.8 Å². The molecule has 1 aliphatic rings. The minimum absolute atomic E-state index is 0.000341. The van der Waals surface area contributed by atoms with Gasteiger partial charge in [0.1, 0.15) is 4.21 Å². The van der Waals surface area contributed by atoms with Crippen molar-refractivity contribution in [1.82, 2.24) is 14.5 Å². The van der Waals surface area contributed by atoms with Crippen molar-refractivity contribution in [2.75, 3.05) is 32.7 Å². The van der Waals surface area contributed by atoms with Gasteiger partial charge in [-0.2, -0.15) is 4.31 Å². The van der Waals surface area contributed by atoms with Crippen molar-refractivity contribution in [2.45, 2.75) is 23.6 Å². The summed E-state index contributed by atoms with van der Waals surface area (Å²) in [4.78, 5) is 14.4. The summed E-state index contributed by atoms with van der Waals surface area (Å²) in [5, 5.41) is 3.01. The predicted molar refractivity (Wildman–Crippen MR) is 112 cm³/mol.